The Hall–Kier alpha value is -1.84. The van der Waals surface area contributed by atoms with Crippen molar-refractivity contribution < 1.29 is 19.1 Å². The van der Waals surface area contributed by atoms with Gasteiger partial charge in [0.05, 0.1) is 25.4 Å². The Balaban J connectivity index is 3.88. The van der Waals surface area contributed by atoms with Gasteiger partial charge in [0, 0.05) is 5.41 Å². The first-order valence-electron chi connectivity index (χ1n) is 6.88. The van der Waals surface area contributed by atoms with Gasteiger partial charge in [-0.1, -0.05) is 19.4 Å². The zero-order chi connectivity index (χ0) is 16.5. The second kappa shape index (κ2) is 5.88. The van der Waals surface area contributed by atoms with Crippen molar-refractivity contribution >= 4 is 11.9 Å². The van der Waals surface area contributed by atoms with Crippen LogP contribution in [0.2, 0.25) is 0 Å². The Bertz CT molecular complexity index is 586. The number of methoxy groups -OCH3 is 2. The van der Waals surface area contributed by atoms with E-state index in [-0.39, 0.29) is 5.41 Å². The summed E-state index contributed by atoms with van der Waals surface area (Å²) in [6, 6.07) is 0. The van der Waals surface area contributed by atoms with Crippen LogP contribution in [0.4, 0.5) is 0 Å². The van der Waals surface area contributed by atoms with Crippen LogP contribution in [0.25, 0.3) is 0 Å². The molecule has 1 rings (SSSR count). The van der Waals surface area contributed by atoms with Crippen molar-refractivity contribution in [1.82, 2.24) is 0 Å². The molecular weight excluding hydrogens is 268 g/mol. The zero-order valence-corrected chi connectivity index (χ0v) is 14.1. The van der Waals surface area contributed by atoms with Gasteiger partial charge in [0.25, 0.3) is 0 Å². The second-order valence-corrected chi connectivity index (χ2v) is 5.86. The molecule has 116 valence electrons. The van der Waals surface area contributed by atoms with Gasteiger partial charge in [-0.25, -0.2) is 9.59 Å². The Kier molecular flexibility index (Phi) is 4.82. The maximum absolute atomic E-state index is 12.3. The van der Waals surface area contributed by atoms with Gasteiger partial charge in [-0.15, -0.1) is 0 Å². The Labute approximate surface area is 126 Å². The van der Waals surface area contributed by atoms with Crippen molar-refractivity contribution in [3.05, 3.63) is 33.4 Å². The largest absolute Gasteiger partial charge is 0.465 e. The predicted octanol–water partition coefficient (Wildman–Crippen LogP) is 3.34. The summed E-state index contributed by atoms with van der Waals surface area (Å²) in [6.45, 7) is 11.8. The van der Waals surface area contributed by atoms with Crippen LogP contribution in [-0.2, 0) is 19.1 Å². The van der Waals surface area contributed by atoms with Gasteiger partial charge >= 0.3 is 11.9 Å². The fourth-order valence-corrected chi connectivity index (χ4v) is 2.62. The molecule has 0 saturated carbocycles. The van der Waals surface area contributed by atoms with Crippen molar-refractivity contribution in [3.63, 3.8) is 0 Å². The van der Waals surface area contributed by atoms with Gasteiger partial charge in [0.2, 0.25) is 0 Å². The number of carbonyl (C=O) groups excluding carboxylic acids is 2. The van der Waals surface area contributed by atoms with Crippen LogP contribution in [0.15, 0.2) is 33.4 Å². The first kappa shape index (κ1) is 17.2. The third kappa shape index (κ3) is 2.67. The van der Waals surface area contributed by atoms with Gasteiger partial charge in [-0.05, 0) is 44.4 Å². The summed E-state index contributed by atoms with van der Waals surface area (Å²) in [7, 11) is 2.63. The van der Waals surface area contributed by atoms with Crippen molar-refractivity contribution in [1.29, 1.82) is 0 Å². The molecule has 0 spiro atoms. The standard InChI is InChI=1S/C17H24O4/c1-9-10(2)13(15(18)20-7)14(16(19)21-8)12(4)17(5,6)11(9)3/h1-8H3. The van der Waals surface area contributed by atoms with Crippen LogP contribution < -0.4 is 0 Å². The molecule has 1 aliphatic carbocycles. The Morgan fingerprint density at radius 1 is 0.762 bits per heavy atom. The van der Waals surface area contributed by atoms with Gasteiger partial charge in [-0.2, -0.15) is 0 Å². The molecule has 21 heavy (non-hydrogen) atoms. The predicted molar refractivity (Wildman–Crippen MR) is 81.6 cm³/mol. The third-order valence-electron chi connectivity index (χ3n) is 4.78. The van der Waals surface area contributed by atoms with Crippen molar-refractivity contribution in [2.75, 3.05) is 14.2 Å². The average molecular weight is 292 g/mol. The van der Waals surface area contributed by atoms with E-state index < -0.39 is 11.9 Å². The first-order valence-corrected chi connectivity index (χ1v) is 6.88. The summed E-state index contributed by atoms with van der Waals surface area (Å²) in [5.74, 6) is -1.03. The molecule has 0 radical (unpaired) electrons. The van der Waals surface area contributed by atoms with Crippen LogP contribution in [0.5, 0.6) is 0 Å². The lowest BCUT2D eigenvalue weighted by molar-refractivity contribution is -0.139. The van der Waals surface area contributed by atoms with Gasteiger partial charge < -0.3 is 9.47 Å². The highest BCUT2D eigenvalue weighted by molar-refractivity contribution is 6.09. The topological polar surface area (TPSA) is 52.6 Å². The van der Waals surface area contributed by atoms with E-state index in [2.05, 4.69) is 0 Å². The van der Waals surface area contributed by atoms with Crippen LogP contribution in [-0.4, -0.2) is 26.2 Å². The van der Waals surface area contributed by atoms with Gasteiger partial charge in [0.1, 0.15) is 0 Å². The molecule has 0 bridgehead atoms. The van der Waals surface area contributed by atoms with E-state index in [9.17, 15) is 9.59 Å². The molecule has 0 aliphatic heterocycles. The van der Waals surface area contributed by atoms with Crippen LogP contribution in [0, 0.1) is 5.41 Å². The molecule has 0 aromatic carbocycles. The summed E-state index contributed by atoms with van der Waals surface area (Å²) >= 11 is 0. The summed E-state index contributed by atoms with van der Waals surface area (Å²) in [6.07, 6.45) is 0. The maximum atomic E-state index is 12.3. The molecule has 0 amide bonds. The fourth-order valence-electron chi connectivity index (χ4n) is 2.62. The van der Waals surface area contributed by atoms with Gasteiger partial charge in [-0.3, -0.25) is 0 Å². The fraction of sp³-hybridized carbons (Fsp3) is 0.529. The third-order valence-corrected chi connectivity index (χ3v) is 4.78. The molecular formula is C17H24O4. The van der Waals surface area contributed by atoms with Crippen molar-refractivity contribution in [3.8, 4) is 0 Å². The summed E-state index contributed by atoms with van der Waals surface area (Å²) in [5, 5.41) is 0. The minimum Gasteiger partial charge on any atom is -0.465 e. The zero-order valence-electron chi connectivity index (χ0n) is 14.1. The number of allylic oxidation sites excluding steroid dienone is 4. The molecule has 0 aromatic heterocycles. The molecule has 0 aromatic rings. The van der Waals surface area contributed by atoms with Crippen LogP contribution in [0.1, 0.15) is 41.5 Å². The summed E-state index contributed by atoms with van der Waals surface area (Å²) < 4.78 is 9.77. The maximum Gasteiger partial charge on any atom is 0.339 e. The quantitative estimate of drug-likeness (QED) is 0.732. The van der Waals surface area contributed by atoms with E-state index in [1.807, 2.05) is 41.5 Å². The molecule has 0 heterocycles. The molecule has 0 N–H and O–H groups in total. The number of hydrogen-bond donors (Lipinski definition) is 0. The van der Waals surface area contributed by atoms with E-state index in [1.54, 1.807) is 0 Å². The SMILES string of the molecule is COC(=O)C1=C(C)C(C)=C(C)C(C)(C)C(C)=C1C(=O)OC. The second-order valence-electron chi connectivity index (χ2n) is 5.86. The molecule has 0 saturated heterocycles. The molecule has 1 aliphatic rings. The molecule has 4 nitrogen and oxygen atoms in total. The van der Waals surface area contributed by atoms with E-state index >= 15 is 0 Å². The van der Waals surface area contributed by atoms with E-state index in [0.29, 0.717) is 11.1 Å². The first-order chi connectivity index (χ1) is 9.61. The number of ether oxygens (including phenoxy) is 2. The van der Waals surface area contributed by atoms with Crippen molar-refractivity contribution in [2.45, 2.75) is 41.5 Å². The monoisotopic (exact) mass is 292 g/mol. The normalized spacial score (nSPS) is 18.7. The molecule has 0 atom stereocenters. The highest BCUT2D eigenvalue weighted by Gasteiger charge is 2.37. The van der Waals surface area contributed by atoms with Crippen LogP contribution in [0.3, 0.4) is 0 Å². The number of rotatable bonds is 2. The highest BCUT2D eigenvalue weighted by Crippen LogP contribution is 2.44. The van der Waals surface area contributed by atoms with Crippen molar-refractivity contribution in [2.24, 2.45) is 5.41 Å². The molecule has 0 unspecified atom stereocenters. The lowest BCUT2D eigenvalue weighted by Gasteiger charge is -2.29. The Morgan fingerprint density at radius 3 is 1.62 bits per heavy atom. The lowest BCUT2D eigenvalue weighted by Crippen LogP contribution is -2.22. The number of esters is 2. The number of carbonyl (C=O) groups is 2. The average Bonchev–Trinajstić information content (AvgIpc) is 2.51. The molecule has 4 heteroatoms. The lowest BCUT2D eigenvalue weighted by atomic mass is 9.75. The van der Waals surface area contributed by atoms with E-state index in [0.717, 1.165) is 22.3 Å². The minimum absolute atomic E-state index is 0.296. The van der Waals surface area contributed by atoms with Gasteiger partial charge in [0.15, 0.2) is 0 Å². The summed E-state index contributed by atoms with van der Waals surface area (Å²) in [5.41, 5.74) is 3.95. The van der Waals surface area contributed by atoms with E-state index in [4.69, 9.17) is 9.47 Å². The van der Waals surface area contributed by atoms with E-state index in [1.165, 1.54) is 14.2 Å². The summed E-state index contributed by atoms with van der Waals surface area (Å²) in [4.78, 5) is 24.5. The molecule has 0 fully saturated rings. The minimum atomic E-state index is -0.517. The smallest absolute Gasteiger partial charge is 0.339 e. The van der Waals surface area contributed by atoms with Crippen LogP contribution >= 0.6 is 0 Å². The highest BCUT2D eigenvalue weighted by atomic mass is 16.5. The number of hydrogen-bond acceptors (Lipinski definition) is 4. The Morgan fingerprint density at radius 2 is 1.19 bits per heavy atom.